The summed E-state index contributed by atoms with van der Waals surface area (Å²) >= 11 is 0. The van der Waals surface area contributed by atoms with Crippen molar-refractivity contribution in [3.05, 3.63) is 58.2 Å². The predicted molar refractivity (Wildman–Crippen MR) is 101 cm³/mol. The fraction of sp³-hybridized carbons (Fsp3) is 0.364. The molecule has 4 rings (SSSR count). The Morgan fingerprint density at radius 3 is 2.81 bits per heavy atom. The summed E-state index contributed by atoms with van der Waals surface area (Å²) in [7, 11) is 1.71. The van der Waals surface area contributed by atoms with Crippen LogP contribution in [0.15, 0.2) is 35.9 Å². The maximum absolute atomic E-state index is 9.73. The van der Waals surface area contributed by atoms with Crippen molar-refractivity contribution in [1.29, 1.82) is 0 Å². The van der Waals surface area contributed by atoms with Gasteiger partial charge in [0.2, 0.25) is 0 Å². The molecule has 2 heterocycles. The highest BCUT2D eigenvalue weighted by Crippen LogP contribution is 2.54. The van der Waals surface area contributed by atoms with Gasteiger partial charge in [0, 0.05) is 22.8 Å². The van der Waals surface area contributed by atoms with Crippen molar-refractivity contribution in [2.75, 3.05) is 13.7 Å². The molecule has 0 bridgehead atoms. The van der Waals surface area contributed by atoms with E-state index >= 15 is 0 Å². The zero-order valence-corrected chi connectivity index (χ0v) is 15.6. The van der Waals surface area contributed by atoms with Gasteiger partial charge in [-0.15, -0.1) is 0 Å². The number of aryl methyl sites for hydroxylation is 1. The van der Waals surface area contributed by atoms with Crippen molar-refractivity contribution in [3.63, 3.8) is 0 Å². The molecule has 2 unspecified atom stereocenters. The van der Waals surface area contributed by atoms with Crippen molar-refractivity contribution in [2.24, 2.45) is 0 Å². The van der Waals surface area contributed by atoms with Crippen LogP contribution in [-0.4, -0.2) is 18.8 Å². The average Bonchev–Trinajstić information content (AvgIpc) is 2.97. The van der Waals surface area contributed by atoms with E-state index < -0.39 is 0 Å². The third kappa shape index (κ3) is 2.61. The second kappa shape index (κ2) is 6.27. The normalized spacial score (nSPS) is 19.5. The van der Waals surface area contributed by atoms with E-state index in [2.05, 4.69) is 32.9 Å². The van der Waals surface area contributed by atoms with Crippen LogP contribution in [0, 0.1) is 6.92 Å². The largest absolute Gasteiger partial charge is 0.508 e. The first-order valence-electron chi connectivity index (χ1n) is 8.95. The lowest BCUT2D eigenvalue weighted by molar-refractivity contribution is 0.138. The Balaban J connectivity index is 1.82. The molecule has 2 aliphatic heterocycles. The molecule has 0 amide bonds. The van der Waals surface area contributed by atoms with E-state index in [1.807, 2.05) is 6.07 Å². The lowest BCUT2D eigenvalue weighted by atomic mass is 9.87. The molecule has 0 fully saturated rings. The van der Waals surface area contributed by atoms with Crippen LogP contribution in [0.1, 0.15) is 48.1 Å². The average molecular weight is 352 g/mol. The molecule has 2 aromatic carbocycles. The van der Waals surface area contributed by atoms with Gasteiger partial charge in [0.15, 0.2) is 0 Å². The highest BCUT2D eigenvalue weighted by molar-refractivity contribution is 5.60. The minimum atomic E-state index is -0.0914. The molecule has 2 atom stereocenters. The van der Waals surface area contributed by atoms with Crippen LogP contribution in [0.3, 0.4) is 0 Å². The molecule has 136 valence electrons. The lowest BCUT2D eigenvalue weighted by Gasteiger charge is -2.27. The number of hydrogen-bond donors (Lipinski definition) is 1. The molecule has 4 nitrogen and oxygen atoms in total. The second-order valence-corrected chi connectivity index (χ2v) is 7.29. The van der Waals surface area contributed by atoms with Crippen LogP contribution < -0.4 is 14.2 Å². The van der Waals surface area contributed by atoms with Gasteiger partial charge in [-0.1, -0.05) is 11.6 Å². The van der Waals surface area contributed by atoms with Gasteiger partial charge in [0.25, 0.3) is 0 Å². The third-order valence-corrected chi connectivity index (χ3v) is 5.19. The van der Waals surface area contributed by atoms with Gasteiger partial charge < -0.3 is 19.3 Å². The van der Waals surface area contributed by atoms with Crippen LogP contribution in [0.2, 0.25) is 0 Å². The summed E-state index contributed by atoms with van der Waals surface area (Å²) < 4.78 is 18.1. The monoisotopic (exact) mass is 352 g/mol. The maximum Gasteiger partial charge on any atom is 0.138 e. The first-order valence-corrected chi connectivity index (χ1v) is 8.95. The van der Waals surface area contributed by atoms with Gasteiger partial charge in [-0.3, -0.25) is 0 Å². The zero-order chi connectivity index (χ0) is 18.4. The van der Waals surface area contributed by atoms with E-state index in [1.54, 1.807) is 19.2 Å². The smallest absolute Gasteiger partial charge is 0.138 e. The van der Waals surface area contributed by atoms with E-state index in [4.69, 9.17) is 14.2 Å². The van der Waals surface area contributed by atoms with E-state index in [0.29, 0.717) is 12.4 Å². The Kier molecular flexibility index (Phi) is 4.06. The molecule has 0 aliphatic carbocycles. The Bertz CT molecular complexity index is 894. The highest BCUT2D eigenvalue weighted by Gasteiger charge is 2.42. The van der Waals surface area contributed by atoms with E-state index in [0.717, 1.165) is 34.6 Å². The fourth-order valence-electron chi connectivity index (χ4n) is 3.96. The number of allylic oxidation sites excluding steroid dienone is 2. The van der Waals surface area contributed by atoms with Gasteiger partial charge in [-0.25, -0.2) is 0 Å². The summed E-state index contributed by atoms with van der Waals surface area (Å²) in [6.45, 7) is 6.81. The number of rotatable bonds is 3. The molecule has 0 spiro atoms. The number of fused-ring (bicyclic) bond motifs is 5. The van der Waals surface area contributed by atoms with E-state index in [1.165, 1.54) is 11.1 Å². The van der Waals surface area contributed by atoms with Gasteiger partial charge in [0.1, 0.15) is 29.1 Å². The Morgan fingerprint density at radius 1 is 1.27 bits per heavy atom. The van der Waals surface area contributed by atoms with E-state index in [9.17, 15) is 5.11 Å². The van der Waals surface area contributed by atoms with Crippen LogP contribution >= 0.6 is 0 Å². The number of hydrogen-bond acceptors (Lipinski definition) is 4. The van der Waals surface area contributed by atoms with Gasteiger partial charge in [-0.2, -0.15) is 0 Å². The quantitative estimate of drug-likeness (QED) is 0.804. The summed E-state index contributed by atoms with van der Waals surface area (Å²) in [5, 5.41) is 9.73. The molecular weight excluding hydrogens is 328 g/mol. The van der Waals surface area contributed by atoms with Crippen molar-refractivity contribution in [3.8, 4) is 23.0 Å². The highest BCUT2D eigenvalue weighted by atomic mass is 16.5. The topological polar surface area (TPSA) is 47.9 Å². The number of ether oxygens (including phenoxy) is 3. The standard InChI is InChI=1S/C22H24O4/c1-12(2)5-7-16-20(24-4)13(3)9-17-18-11-25-19-10-14(23)6-8-15(19)21(18)26-22(16)17/h5-6,8-10,18,21,23H,7,11H2,1-4H3. The van der Waals surface area contributed by atoms with Crippen molar-refractivity contribution in [2.45, 2.75) is 39.2 Å². The number of aromatic hydroxyl groups is 1. The number of methoxy groups -OCH3 is 1. The van der Waals surface area contributed by atoms with Crippen LogP contribution in [0.5, 0.6) is 23.0 Å². The minimum absolute atomic E-state index is 0.0914. The zero-order valence-electron chi connectivity index (χ0n) is 15.6. The molecular formula is C22H24O4. The molecule has 0 radical (unpaired) electrons. The predicted octanol–water partition coefficient (Wildman–Crippen LogP) is 4.83. The molecule has 2 aromatic rings. The van der Waals surface area contributed by atoms with Crippen molar-refractivity contribution in [1.82, 2.24) is 0 Å². The molecule has 2 aliphatic rings. The second-order valence-electron chi connectivity index (χ2n) is 7.29. The SMILES string of the molecule is COc1c(C)cc2c(c1CC=C(C)C)OC1c3ccc(O)cc3OCC21. The Morgan fingerprint density at radius 2 is 2.08 bits per heavy atom. The lowest BCUT2D eigenvalue weighted by Crippen LogP contribution is -2.23. The van der Waals surface area contributed by atoms with Gasteiger partial charge in [0.05, 0.1) is 19.6 Å². The maximum atomic E-state index is 9.73. The molecule has 1 N–H and O–H groups in total. The molecule has 0 saturated carbocycles. The van der Waals surface area contributed by atoms with E-state index in [-0.39, 0.29) is 17.8 Å². The molecule has 4 heteroatoms. The summed E-state index contributed by atoms with van der Waals surface area (Å²) in [5.74, 6) is 2.88. The van der Waals surface area contributed by atoms with Crippen LogP contribution in [-0.2, 0) is 6.42 Å². The van der Waals surface area contributed by atoms with Crippen LogP contribution in [0.4, 0.5) is 0 Å². The van der Waals surface area contributed by atoms with Gasteiger partial charge in [-0.05, 0) is 51.0 Å². The van der Waals surface area contributed by atoms with Crippen molar-refractivity contribution < 1.29 is 19.3 Å². The van der Waals surface area contributed by atoms with Crippen LogP contribution in [0.25, 0.3) is 0 Å². The third-order valence-electron chi connectivity index (χ3n) is 5.19. The molecule has 0 saturated heterocycles. The summed E-state index contributed by atoms with van der Waals surface area (Å²) in [6, 6.07) is 7.41. The number of phenolic OH excluding ortho intramolecular Hbond substituents is 1. The number of benzene rings is 2. The van der Waals surface area contributed by atoms with Crippen molar-refractivity contribution >= 4 is 0 Å². The first kappa shape index (κ1) is 16.8. The minimum Gasteiger partial charge on any atom is -0.508 e. The Hall–Kier alpha value is -2.62. The first-order chi connectivity index (χ1) is 12.5. The summed E-state index contributed by atoms with van der Waals surface area (Å²) in [6.07, 6.45) is 2.88. The molecule has 26 heavy (non-hydrogen) atoms. The summed E-state index contributed by atoms with van der Waals surface area (Å²) in [4.78, 5) is 0. The Labute approximate surface area is 154 Å². The fourth-order valence-corrected chi connectivity index (χ4v) is 3.96. The summed E-state index contributed by atoms with van der Waals surface area (Å²) in [5.41, 5.74) is 5.65. The molecule has 0 aromatic heterocycles. The van der Waals surface area contributed by atoms with Gasteiger partial charge >= 0.3 is 0 Å². The number of phenols is 1.